The number of fused-ring (bicyclic) bond motifs is 1. The van der Waals surface area contributed by atoms with Gasteiger partial charge < -0.3 is 10.2 Å². The normalized spacial score (nSPS) is 17.5. The van der Waals surface area contributed by atoms with Gasteiger partial charge in [-0.1, -0.05) is 27.5 Å². The van der Waals surface area contributed by atoms with Crippen LogP contribution in [-0.2, 0) is 11.8 Å². The smallest absolute Gasteiger partial charge is 0.249 e. The third-order valence-electron chi connectivity index (χ3n) is 4.24. The monoisotopic (exact) mass is 419 g/mol. The Bertz CT molecular complexity index is 973. The maximum absolute atomic E-state index is 12.7. The highest BCUT2D eigenvalue weighted by atomic mass is 79.9. The average Bonchev–Trinajstić information content (AvgIpc) is 3.14. The molecular formula is C17H15BrClN5O. The zero-order chi connectivity index (χ0) is 17.6. The number of hydrogen-bond donors (Lipinski definition) is 1. The maximum atomic E-state index is 12.7. The van der Waals surface area contributed by atoms with Crippen molar-refractivity contribution in [1.29, 1.82) is 0 Å². The third-order valence-corrected chi connectivity index (χ3v) is 4.99. The lowest BCUT2D eigenvalue weighted by atomic mass is 10.2. The molecule has 1 aromatic carbocycles. The molecule has 1 N–H and O–H groups in total. The molecule has 0 spiro atoms. The first-order valence-corrected chi connectivity index (χ1v) is 9.01. The van der Waals surface area contributed by atoms with Crippen LogP contribution in [0.1, 0.15) is 6.42 Å². The van der Waals surface area contributed by atoms with Crippen LogP contribution in [0.2, 0.25) is 5.02 Å². The number of halogens is 2. The number of hydrogen-bond acceptors (Lipinski definition) is 4. The largest absolute Gasteiger partial charge is 0.358 e. The summed E-state index contributed by atoms with van der Waals surface area (Å²) in [5, 5.41) is 8.87. The third kappa shape index (κ3) is 3.09. The number of nitrogens with zero attached hydrogens (tertiary/aromatic N) is 4. The van der Waals surface area contributed by atoms with Gasteiger partial charge in [-0.05, 0) is 30.7 Å². The molecule has 1 unspecified atom stereocenters. The van der Waals surface area contributed by atoms with Gasteiger partial charge in [-0.25, -0.2) is 4.98 Å². The Morgan fingerprint density at radius 2 is 2.20 bits per heavy atom. The highest BCUT2D eigenvalue weighted by Gasteiger charge is 2.33. The van der Waals surface area contributed by atoms with Gasteiger partial charge in [-0.2, -0.15) is 5.10 Å². The number of pyridine rings is 1. The van der Waals surface area contributed by atoms with Crippen molar-refractivity contribution >= 4 is 55.8 Å². The van der Waals surface area contributed by atoms with Gasteiger partial charge in [0.15, 0.2) is 0 Å². The van der Waals surface area contributed by atoms with Crippen molar-refractivity contribution < 1.29 is 4.79 Å². The number of carbonyl (C=O) groups excluding carboxylic acids is 1. The van der Waals surface area contributed by atoms with E-state index in [-0.39, 0.29) is 11.9 Å². The summed E-state index contributed by atoms with van der Waals surface area (Å²) in [4.78, 5) is 19.0. The van der Waals surface area contributed by atoms with Crippen LogP contribution < -0.4 is 10.2 Å². The van der Waals surface area contributed by atoms with Crippen LogP contribution >= 0.6 is 27.5 Å². The van der Waals surface area contributed by atoms with E-state index in [9.17, 15) is 4.79 Å². The molecule has 1 aliphatic rings. The van der Waals surface area contributed by atoms with Crippen LogP contribution in [0.5, 0.6) is 0 Å². The fourth-order valence-electron chi connectivity index (χ4n) is 3.03. The van der Waals surface area contributed by atoms with Crippen molar-refractivity contribution in [2.24, 2.45) is 7.05 Å². The molecule has 25 heavy (non-hydrogen) atoms. The van der Waals surface area contributed by atoms with Crippen LogP contribution in [0.3, 0.4) is 0 Å². The van der Waals surface area contributed by atoms with Gasteiger partial charge >= 0.3 is 0 Å². The summed E-state index contributed by atoms with van der Waals surface area (Å²) in [6.07, 6.45) is 4.25. The summed E-state index contributed by atoms with van der Waals surface area (Å²) >= 11 is 9.71. The molecular weight excluding hydrogens is 406 g/mol. The molecule has 6 nitrogen and oxygen atoms in total. The van der Waals surface area contributed by atoms with Gasteiger partial charge in [0.05, 0.1) is 22.4 Å². The second-order valence-corrected chi connectivity index (χ2v) is 7.33. The molecule has 8 heteroatoms. The van der Waals surface area contributed by atoms with E-state index in [4.69, 9.17) is 11.6 Å². The maximum Gasteiger partial charge on any atom is 0.249 e. The Balaban J connectivity index is 1.56. The zero-order valence-electron chi connectivity index (χ0n) is 13.4. The lowest BCUT2D eigenvalue weighted by molar-refractivity contribution is -0.117. The Morgan fingerprint density at radius 1 is 1.36 bits per heavy atom. The highest BCUT2D eigenvalue weighted by molar-refractivity contribution is 9.10. The minimum Gasteiger partial charge on any atom is -0.358 e. The standard InChI is InChI=1S/C17H15BrClN5O/c1-23-9-12(8-20-23)24-5-4-14(17(24)25)21-15-3-2-10-6-11(18)7-13(19)16(10)22-15/h2-3,6-9,14H,4-5H2,1H3,(H,21,22). The number of nitrogens with one attached hydrogen (secondary N) is 1. The Labute approximate surface area is 157 Å². The molecule has 128 valence electrons. The van der Waals surface area contributed by atoms with Crippen molar-refractivity contribution in [2.45, 2.75) is 12.5 Å². The topological polar surface area (TPSA) is 63.1 Å². The van der Waals surface area contributed by atoms with Crippen molar-refractivity contribution in [3.8, 4) is 0 Å². The number of carbonyl (C=O) groups is 1. The fourth-order valence-corrected chi connectivity index (χ4v) is 3.91. The summed E-state index contributed by atoms with van der Waals surface area (Å²) in [5.41, 5.74) is 1.53. The van der Waals surface area contributed by atoms with Gasteiger partial charge in [0.2, 0.25) is 5.91 Å². The van der Waals surface area contributed by atoms with Gasteiger partial charge in [-0.3, -0.25) is 9.48 Å². The Morgan fingerprint density at radius 3 is 2.96 bits per heavy atom. The first-order chi connectivity index (χ1) is 12.0. The SMILES string of the molecule is Cn1cc(N2CCC(Nc3ccc4cc(Br)cc(Cl)c4n3)C2=O)cn1. The summed E-state index contributed by atoms with van der Waals surface area (Å²) in [6, 6.07) is 7.28. The van der Waals surface area contributed by atoms with Gasteiger partial charge in [0, 0.05) is 29.6 Å². The predicted octanol–water partition coefficient (Wildman–Crippen LogP) is 3.60. The summed E-state index contributed by atoms with van der Waals surface area (Å²) in [5.74, 6) is 0.667. The number of aromatic nitrogens is 3. The van der Waals surface area contributed by atoms with Crippen LogP contribution in [-0.4, -0.2) is 33.3 Å². The second kappa shape index (κ2) is 6.31. The lowest BCUT2D eigenvalue weighted by Crippen LogP contribution is -2.33. The molecule has 3 aromatic rings. The van der Waals surface area contributed by atoms with E-state index in [1.807, 2.05) is 37.5 Å². The molecule has 1 aliphatic heterocycles. The molecule has 1 saturated heterocycles. The number of rotatable bonds is 3. The number of benzene rings is 1. The van der Waals surface area contributed by atoms with Crippen LogP contribution in [0.4, 0.5) is 11.5 Å². The zero-order valence-corrected chi connectivity index (χ0v) is 15.8. The van der Waals surface area contributed by atoms with Crippen LogP contribution in [0, 0.1) is 0 Å². The fraction of sp³-hybridized carbons (Fsp3) is 0.235. The van der Waals surface area contributed by atoms with E-state index in [0.29, 0.717) is 29.3 Å². The molecule has 0 bridgehead atoms. The predicted molar refractivity (Wildman–Crippen MR) is 102 cm³/mol. The highest BCUT2D eigenvalue weighted by Crippen LogP contribution is 2.29. The van der Waals surface area contributed by atoms with E-state index in [2.05, 4.69) is 31.3 Å². The van der Waals surface area contributed by atoms with E-state index in [0.717, 1.165) is 15.5 Å². The van der Waals surface area contributed by atoms with E-state index >= 15 is 0 Å². The Hall–Kier alpha value is -2.12. The minimum absolute atomic E-state index is 0.0248. The van der Waals surface area contributed by atoms with Crippen LogP contribution in [0.25, 0.3) is 10.9 Å². The molecule has 0 saturated carbocycles. The van der Waals surface area contributed by atoms with E-state index in [1.165, 1.54) is 0 Å². The van der Waals surface area contributed by atoms with Crippen LogP contribution in [0.15, 0.2) is 41.1 Å². The van der Waals surface area contributed by atoms with Gasteiger partial charge in [0.1, 0.15) is 11.9 Å². The summed E-state index contributed by atoms with van der Waals surface area (Å²) in [7, 11) is 1.83. The molecule has 0 aliphatic carbocycles. The van der Waals surface area contributed by atoms with Crippen molar-refractivity contribution in [1.82, 2.24) is 14.8 Å². The first kappa shape index (κ1) is 16.4. The molecule has 1 fully saturated rings. The van der Waals surface area contributed by atoms with Gasteiger partial charge in [-0.15, -0.1) is 0 Å². The second-order valence-electron chi connectivity index (χ2n) is 6.00. The van der Waals surface area contributed by atoms with Crippen molar-refractivity contribution in [3.05, 3.63) is 46.2 Å². The lowest BCUT2D eigenvalue weighted by Gasteiger charge is -2.15. The Kier molecular flexibility index (Phi) is 4.13. The van der Waals surface area contributed by atoms with Crippen molar-refractivity contribution in [2.75, 3.05) is 16.8 Å². The number of amides is 1. The quantitative estimate of drug-likeness (QED) is 0.703. The van der Waals surface area contributed by atoms with Gasteiger partial charge in [0.25, 0.3) is 0 Å². The summed E-state index contributed by atoms with van der Waals surface area (Å²) in [6.45, 7) is 0.656. The number of anilines is 2. The molecule has 4 rings (SSSR count). The van der Waals surface area contributed by atoms with Crippen molar-refractivity contribution in [3.63, 3.8) is 0 Å². The molecule has 1 amide bonds. The van der Waals surface area contributed by atoms with E-state index < -0.39 is 0 Å². The molecule has 2 aromatic heterocycles. The minimum atomic E-state index is -0.306. The average molecular weight is 421 g/mol. The first-order valence-electron chi connectivity index (χ1n) is 7.83. The summed E-state index contributed by atoms with van der Waals surface area (Å²) < 4.78 is 2.60. The number of aryl methyl sites for hydroxylation is 1. The molecule has 1 atom stereocenters. The van der Waals surface area contributed by atoms with E-state index in [1.54, 1.807) is 15.8 Å². The molecule has 0 radical (unpaired) electrons. The molecule has 3 heterocycles.